The number of nitrogens with one attached hydrogen (secondary N) is 3. The van der Waals surface area contributed by atoms with Gasteiger partial charge in [-0.3, -0.25) is 9.59 Å². The lowest BCUT2D eigenvalue weighted by atomic mass is 10.1. The van der Waals surface area contributed by atoms with Crippen LogP contribution in [-0.4, -0.2) is 20.9 Å². The Balaban J connectivity index is 0.00000196. The van der Waals surface area contributed by atoms with Crippen LogP contribution < -0.4 is 16.2 Å². The lowest BCUT2D eigenvalue weighted by Crippen LogP contribution is -2.20. The topological polar surface area (TPSA) is 99.8 Å². The van der Waals surface area contributed by atoms with Gasteiger partial charge in [-0.25, -0.2) is 4.98 Å². The Bertz CT molecular complexity index is 1070. The van der Waals surface area contributed by atoms with Crippen molar-refractivity contribution in [3.05, 3.63) is 57.0 Å². The number of anilines is 2. The van der Waals surface area contributed by atoms with Gasteiger partial charge in [-0.2, -0.15) is 18.5 Å². The van der Waals surface area contributed by atoms with Crippen molar-refractivity contribution in [2.24, 2.45) is 0 Å². The summed E-state index contributed by atoms with van der Waals surface area (Å²) in [4.78, 5) is 35.1. The first-order valence-electron chi connectivity index (χ1n) is 7.74. The third-order valence-corrected chi connectivity index (χ3v) is 4.36. The van der Waals surface area contributed by atoms with Crippen LogP contribution in [0.5, 0.6) is 0 Å². The van der Waals surface area contributed by atoms with Gasteiger partial charge in [0.15, 0.2) is 0 Å². The maximum absolute atomic E-state index is 12.4. The summed E-state index contributed by atoms with van der Waals surface area (Å²) in [5.74, 6) is 0.755. The van der Waals surface area contributed by atoms with Gasteiger partial charge in [-0.05, 0) is 31.2 Å². The zero-order valence-electron chi connectivity index (χ0n) is 13.8. The fourth-order valence-corrected chi connectivity index (χ4v) is 3.03. The number of pyridine rings is 1. The fourth-order valence-electron chi connectivity index (χ4n) is 2.85. The van der Waals surface area contributed by atoms with Crippen molar-refractivity contribution in [2.45, 2.75) is 19.4 Å². The monoisotopic (exact) mass is 389 g/mol. The molecule has 0 spiro atoms. The van der Waals surface area contributed by atoms with Crippen molar-refractivity contribution < 1.29 is 4.79 Å². The number of hydrogen-bond acceptors (Lipinski definition) is 5. The number of nitrogens with zero attached hydrogens (tertiary/aromatic N) is 2. The van der Waals surface area contributed by atoms with Crippen LogP contribution in [0.4, 0.5) is 11.8 Å². The molecule has 0 fully saturated rings. The number of carbonyl (C=O) groups excluding carboxylic acids is 1. The molecule has 26 heavy (non-hydrogen) atoms. The summed E-state index contributed by atoms with van der Waals surface area (Å²) >= 11 is 6.02. The number of fused-ring (bicyclic) bond motifs is 2. The van der Waals surface area contributed by atoms with E-state index in [1.54, 1.807) is 30.5 Å². The van der Waals surface area contributed by atoms with Gasteiger partial charge in [0.2, 0.25) is 11.9 Å². The highest BCUT2D eigenvalue weighted by atomic mass is 35.5. The normalized spacial score (nSPS) is 13.7. The molecule has 0 saturated heterocycles. The fraction of sp³-hybridized carbons (Fsp3) is 0.176. The third-order valence-electron chi connectivity index (χ3n) is 4.12. The van der Waals surface area contributed by atoms with Crippen LogP contribution in [0.15, 0.2) is 35.3 Å². The Hall–Kier alpha value is -2.58. The van der Waals surface area contributed by atoms with Gasteiger partial charge in [0.1, 0.15) is 5.82 Å². The van der Waals surface area contributed by atoms with Gasteiger partial charge in [-0.15, -0.1) is 0 Å². The molecule has 9 heteroatoms. The van der Waals surface area contributed by atoms with Crippen molar-refractivity contribution >= 4 is 53.7 Å². The first-order valence-corrected chi connectivity index (χ1v) is 8.12. The number of rotatable bonds is 3. The molecule has 2 aromatic heterocycles. The SMILES string of the molecule is C[C@H](Nc1ncc2c(n1)NC(=O)C2)c1cc2cc(Cl)ccc2[nH]c1=O.S. The molecule has 0 bridgehead atoms. The van der Waals surface area contributed by atoms with Gasteiger partial charge < -0.3 is 15.6 Å². The van der Waals surface area contributed by atoms with Crippen LogP contribution in [0.25, 0.3) is 10.9 Å². The molecule has 0 radical (unpaired) electrons. The highest BCUT2D eigenvalue weighted by molar-refractivity contribution is 7.59. The van der Waals surface area contributed by atoms with Crippen molar-refractivity contribution in [1.29, 1.82) is 0 Å². The minimum absolute atomic E-state index is 0. The number of hydrogen-bond donors (Lipinski definition) is 3. The molecule has 0 saturated carbocycles. The van der Waals surface area contributed by atoms with E-state index in [1.165, 1.54) is 0 Å². The first-order chi connectivity index (χ1) is 12.0. The predicted molar refractivity (Wildman–Crippen MR) is 106 cm³/mol. The highest BCUT2D eigenvalue weighted by Crippen LogP contribution is 2.23. The molecule has 0 aliphatic carbocycles. The smallest absolute Gasteiger partial charge is 0.253 e. The quantitative estimate of drug-likeness (QED) is 0.639. The number of H-pyrrole nitrogens is 1. The molecule has 1 aliphatic heterocycles. The molecule has 1 aliphatic rings. The van der Waals surface area contributed by atoms with E-state index in [1.807, 2.05) is 6.92 Å². The lowest BCUT2D eigenvalue weighted by molar-refractivity contribution is -0.115. The molecule has 4 rings (SSSR count). The summed E-state index contributed by atoms with van der Waals surface area (Å²) < 4.78 is 0. The zero-order chi connectivity index (χ0) is 17.6. The molecule has 3 N–H and O–H groups in total. The number of amides is 1. The highest BCUT2D eigenvalue weighted by Gasteiger charge is 2.20. The first kappa shape index (κ1) is 18.2. The Kier molecular flexibility index (Phi) is 4.88. The van der Waals surface area contributed by atoms with Gasteiger partial charge in [0, 0.05) is 33.2 Å². The van der Waals surface area contributed by atoms with E-state index in [0.717, 1.165) is 16.5 Å². The largest absolute Gasteiger partial charge is 0.347 e. The molecule has 3 heterocycles. The van der Waals surface area contributed by atoms with Gasteiger partial charge >= 0.3 is 0 Å². The summed E-state index contributed by atoms with van der Waals surface area (Å²) in [6.45, 7) is 1.84. The molecular formula is C17H16ClN5O2S. The average Bonchev–Trinajstić information content (AvgIpc) is 2.93. The van der Waals surface area contributed by atoms with E-state index in [0.29, 0.717) is 22.4 Å². The standard InChI is InChI=1S/C17H14ClN5O2.H2S/c1-8(20-17-19-7-10-6-14(24)22-15(10)23-17)12-5-9-4-11(18)2-3-13(9)21-16(12)25;/h2-5,7-8H,6H2,1H3,(H,21,25)(H2,19,20,22,23,24);1H2/t8-;/m0./s1. The molecule has 134 valence electrons. The molecule has 3 aromatic rings. The molecule has 1 aromatic carbocycles. The maximum Gasteiger partial charge on any atom is 0.253 e. The van der Waals surface area contributed by atoms with Crippen molar-refractivity contribution in [3.63, 3.8) is 0 Å². The Labute approximate surface area is 160 Å². The minimum atomic E-state index is -0.331. The number of carbonyl (C=O) groups is 1. The summed E-state index contributed by atoms with van der Waals surface area (Å²) in [6.07, 6.45) is 1.90. The van der Waals surface area contributed by atoms with Gasteiger partial charge in [-0.1, -0.05) is 11.6 Å². The van der Waals surface area contributed by atoms with Crippen LogP contribution >= 0.6 is 25.1 Å². The molecular weight excluding hydrogens is 374 g/mol. The van der Waals surface area contributed by atoms with E-state index < -0.39 is 0 Å². The summed E-state index contributed by atoms with van der Waals surface area (Å²) in [5.41, 5.74) is 1.84. The molecule has 7 nitrogen and oxygen atoms in total. The van der Waals surface area contributed by atoms with Gasteiger partial charge in [0.05, 0.1) is 12.5 Å². The van der Waals surface area contributed by atoms with E-state index in [9.17, 15) is 9.59 Å². The summed E-state index contributed by atoms with van der Waals surface area (Å²) in [5, 5.41) is 7.22. The van der Waals surface area contributed by atoms with E-state index in [4.69, 9.17) is 11.6 Å². The van der Waals surface area contributed by atoms with Crippen molar-refractivity contribution in [1.82, 2.24) is 15.0 Å². The third kappa shape index (κ3) is 3.38. The number of benzene rings is 1. The average molecular weight is 390 g/mol. The Morgan fingerprint density at radius 3 is 2.88 bits per heavy atom. The summed E-state index contributed by atoms with van der Waals surface area (Å²) in [6, 6.07) is 6.76. The van der Waals surface area contributed by atoms with Crippen molar-refractivity contribution in [2.75, 3.05) is 10.6 Å². The number of aromatic amines is 1. The number of halogens is 1. The van der Waals surface area contributed by atoms with E-state index >= 15 is 0 Å². The zero-order valence-corrected chi connectivity index (χ0v) is 15.5. The lowest BCUT2D eigenvalue weighted by Gasteiger charge is -2.14. The Morgan fingerprint density at radius 2 is 2.08 bits per heavy atom. The number of aromatic nitrogens is 3. The molecule has 1 amide bonds. The maximum atomic E-state index is 12.4. The second-order valence-electron chi connectivity index (χ2n) is 5.94. The molecule has 1 atom stereocenters. The second kappa shape index (κ2) is 6.97. The van der Waals surface area contributed by atoms with E-state index in [2.05, 4.69) is 25.6 Å². The van der Waals surface area contributed by atoms with Gasteiger partial charge in [0.25, 0.3) is 5.56 Å². The molecule has 0 unspecified atom stereocenters. The van der Waals surface area contributed by atoms with Crippen LogP contribution in [0.1, 0.15) is 24.1 Å². The van der Waals surface area contributed by atoms with Crippen LogP contribution in [0.2, 0.25) is 5.02 Å². The van der Waals surface area contributed by atoms with Crippen LogP contribution in [0, 0.1) is 0 Å². The second-order valence-corrected chi connectivity index (χ2v) is 6.38. The van der Waals surface area contributed by atoms with Crippen LogP contribution in [-0.2, 0) is 11.2 Å². The van der Waals surface area contributed by atoms with Crippen LogP contribution in [0.3, 0.4) is 0 Å². The van der Waals surface area contributed by atoms with E-state index in [-0.39, 0.29) is 37.4 Å². The minimum Gasteiger partial charge on any atom is -0.347 e. The summed E-state index contributed by atoms with van der Waals surface area (Å²) in [7, 11) is 0. The predicted octanol–water partition coefficient (Wildman–Crippen LogP) is 2.75. The van der Waals surface area contributed by atoms with Crippen molar-refractivity contribution in [3.8, 4) is 0 Å². The Morgan fingerprint density at radius 1 is 1.27 bits per heavy atom.